The number of nitrogens with zero attached hydrogens (tertiary/aromatic N) is 1. The number of halogens is 1. The van der Waals surface area contributed by atoms with E-state index in [2.05, 4.69) is 0 Å². The first kappa shape index (κ1) is 12.8. The highest BCUT2D eigenvalue weighted by molar-refractivity contribution is 6.00. The van der Waals surface area contributed by atoms with E-state index >= 15 is 0 Å². The Morgan fingerprint density at radius 3 is 2.73 bits per heavy atom. The molecule has 22 heavy (non-hydrogen) atoms. The number of ether oxygens (including phenoxy) is 1. The summed E-state index contributed by atoms with van der Waals surface area (Å²) in [4.78, 5) is 12.8. The number of carbonyl (C=O) groups is 1. The molecule has 0 radical (unpaired) electrons. The lowest BCUT2D eigenvalue weighted by Gasteiger charge is -2.16. The Balaban J connectivity index is 1.92. The molecule has 2 aromatic carbocycles. The lowest BCUT2D eigenvalue weighted by molar-refractivity contribution is 0.0795. The lowest BCUT2D eigenvalue weighted by Crippen LogP contribution is -2.18. The van der Waals surface area contributed by atoms with Crippen molar-refractivity contribution in [1.82, 2.24) is 4.57 Å². The van der Waals surface area contributed by atoms with Crippen molar-refractivity contribution in [3.8, 4) is 11.4 Å². The summed E-state index contributed by atoms with van der Waals surface area (Å²) < 4.78 is 21.2. The van der Waals surface area contributed by atoms with Gasteiger partial charge in [0, 0.05) is 11.8 Å². The first-order chi connectivity index (χ1) is 10.7. The van der Waals surface area contributed by atoms with Gasteiger partial charge in [0.1, 0.15) is 11.6 Å². The summed E-state index contributed by atoms with van der Waals surface area (Å²) in [5, 5.41) is 0. The number of para-hydroxylation sites is 2. The summed E-state index contributed by atoms with van der Waals surface area (Å²) in [5.41, 5.74) is 1.84. The molecule has 0 amide bonds. The number of carbonyl (C=O) groups excluding carboxylic acids is 1. The fourth-order valence-electron chi connectivity index (χ4n) is 2.75. The first-order valence-electron chi connectivity index (χ1n) is 6.97. The molecule has 0 spiro atoms. The van der Waals surface area contributed by atoms with E-state index in [1.165, 1.54) is 12.1 Å². The van der Waals surface area contributed by atoms with Crippen LogP contribution >= 0.6 is 0 Å². The van der Waals surface area contributed by atoms with Gasteiger partial charge in [0.25, 0.3) is 0 Å². The molecule has 3 nitrogen and oxygen atoms in total. The number of aromatic nitrogens is 1. The molecule has 0 fully saturated rings. The number of rotatable bonds is 1. The number of ketones is 1. The second-order valence-corrected chi connectivity index (χ2v) is 5.15. The maximum absolute atomic E-state index is 13.5. The Labute approximate surface area is 126 Å². The molecule has 1 aliphatic heterocycles. The highest BCUT2D eigenvalue weighted by Gasteiger charge is 2.31. The molecule has 1 aliphatic rings. The van der Waals surface area contributed by atoms with Crippen molar-refractivity contribution in [2.45, 2.75) is 6.10 Å². The molecule has 3 aromatic rings. The van der Waals surface area contributed by atoms with E-state index in [1.54, 1.807) is 22.8 Å². The molecule has 108 valence electrons. The van der Waals surface area contributed by atoms with Crippen molar-refractivity contribution in [2.24, 2.45) is 0 Å². The van der Waals surface area contributed by atoms with Crippen LogP contribution in [0, 0.1) is 5.82 Å². The van der Waals surface area contributed by atoms with E-state index in [0.29, 0.717) is 17.0 Å². The van der Waals surface area contributed by atoms with Gasteiger partial charge in [0.2, 0.25) is 5.78 Å². The Hall–Kier alpha value is -2.88. The van der Waals surface area contributed by atoms with Gasteiger partial charge in [0.05, 0.1) is 11.4 Å². The third kappa shape index (κ3) is 1.92. The maximum atomic E-state index is 13.5. The minimum absolute atomic E-state index is 0.188. The van der Waals surface area contributed by atoms with Crippen molar-refractivity contribution in [3.63, 3.8) is 0 Å². The molecule has 4 rings (SSSR count). The SMILES string of the molecule is O=C1c2cccn2-c2ccccc2OC1c1cccc(F)c1. The fraction of sp³-hybridized carbons (Fsp3) is 0.0556. The zero-order valence-corrected chi connectivity index (χ0v) is 11.6. The van der Waals surface area contributed by atoms with E-state index in [9.17, 15) is 9.18 Å². The van der Waals surface area contributed by atoms with Crippen LogP contribution in [0.15, 0.2) is 66.9 Å². The Kier molecular flexibility index (Phi) is 2.82. The van der Waals surface area contributed by atoms with Crippen molar-refractivity contribution < 1.29 is 13.9 Å². The van der Waals surface area contributed by atoms with Crippen LogP contribution in [0.25, 0.3) is 5.69 Å². The van der Waals surface area contributed by atoms with Crippen molar-refractivity contribution in [3.05, 3.63) is 83.9 Å². The first-order valence-corrected chi connectivity index (χ1v) is 6.97. The molecule has 4 heteroatoms. The van der Waals surface area contributed by atoms with E-state index in [4.69, 9.17) is 4.74 Å². The lowest BCUT2D eigenvalue weighted by atomic mass is 10.0. The number of hydrogen-bond acceptors (Lipinski definition) is 2. The fourth-order valence-corrected chi connectivity index (χ4v) is 2.75. The zero-order valence-electron chi connectivity index (χ0n) is 11.6. The van der Waals surface area contributed by atoms with Gasteiger partial charge in [-0.3, -0.25) is 4.79 Å². The Bertz CT molecular complexity index is 869. The number of fused-ring (bicyclic) bond motifs is 3. The van der Waals surface area contributed by atoms with Crippen LogP contribution < -0.4 is 4.74 Å². The highest BCUT2D eigenvalue weighted by atomic mass is 19.1. The van der Waals surface area contributed by atoms with E-state index in [0.717, 1.165) is 5.69 Å². The summed E-state index contributed by atoms with van der Waals surface area (Å²) in [7, 11) is 0. The predicted molar refractivity (Wildman–Crippen MR) is 79.9 cm³/mol. The molecular weight excluding hydrogens is 281 g/mol. The van der Waals surface area contributed by atoms with Crippen LogP contribution in [0.2, 0.25) is 0 Å². The van der Waals surface area contributed by atoms with Crippen LogP contribution in [0.4, 0.5) is 4.39 Å². The monoisotopic (exact) mass is 293 g/mol. The maximum Gasteiger partial charge on any atom is 0.224 e. The summed E-state index contributed by atoms with van der Waals surface area (Å²) in [6.45, 7) is 0. The van der Waals surface area contributed by atoms with E-state index in [1.807, 2.05) is 36.5 Å². The van der Waals surface area contributed by atoms with Crippen LogP contribution in [-0.4, -0.2) is 10.4 Å². The highest BCUT2D eigenvalue weighted by Crippen LogP contribution is 2.35. The molecule has 0 saturated carbocycles. The number of Topliss-reactive ketones (excluding diaryl/α,β-unsaturated/α-hetero) is 1. The van der Waals surface area contributed by atoms with Gasteiger partial charge in [-0.25, -0.2) is 4.39 Å². The van der Waals surface area contributed by atoms with Gasteiger partial charge < -0.3 is 9.30 Å². The summed E-state index contributed by atoms with van der Waals surface area (Å²) in [6.07, 6.45) is 0.969. The standard InChI is InChI=1S/C18H12FNO2/c19-13-6-3-5-12(11-13)18-17(21)15-8-4-10-20(15)14-7-1-2-9-16(14)22-18/h1-11,18H. The van der Waals surface area contributed by atoms with Gasteiger partial charge in [-0.15, -0.1) is 0 Å². The molecule has 0 saturated heterocycles. The molecule has 1 unspecified atom stereocenters. The van der Waals surface area contributed by atoms with Crippen molar-refractivity contribution in [2.75, 3.05) is 0 Å². The van der Waals surface area contributed by atoms with Gasteiger partial charge >= 0.3 is 0 Å². The molecule has 0 N–H and O–H groups in total. The Morgan fingerprint density at radius 2 is 1.86 bits per heavy atom. The number of hydrogen-bond donors (Lipinski definition) is 0. The van der Waals surface area contributed by atoms with Gasteiger partial charge in [-0.2, -0.15) is 0 Å². The molecule has 0 aliphatic carbocycles. The second kappa shape index (κ2) is 4.84. The van der Waals surface area contributed by atoms with Crippen LogP contribution in [0.3, 0.4) is 0 Å². The van der Waals surface area contributed by atoms with Gasteiger partial charge in [-0.05, 0) is 36.4 Å². The minimum Gasteiger partial charge on any atom is -0.475 e. The van der Waals surface area contributed by atoms with Crippen molar-refractivity contribution >= 4 is 5.78 Å². The van der Waals surface area contributed by atoms with Crippen LogP contribution in [0.1, 0.15) is 22.2 Å². The molecule has 0 bridgehead atoms. The minimum atomic E-state index is -0.854. The average Bonchev–Trinajstić information content (AvgIpc) is 2.98. The van der Waals surface area contributed by atoms with Crippen LogP contribution in [-0.2, 0) is 0 Å². The topological polar surface area (TPSA) is 31.2 Å². The number of benzene rings is 2. The van der Waals surface area contributed by atoms with E-state index in [-0.39, 0.29) is 11.6 Å². The smallest absolute Gasteiger partial charge is 0.224 e. The summed E-state index contributed by atoms with van der Waals surface area (Å²) >= 11 is 0. The van der Waals surface area contributed by atoms with Gasteiger partial charge in [0.15, 0.2) is 6.10 Å². The van der Waals surface area contributed by atoms with Crippen LogP contribution in [0.5, 0.6) is 5.75 Å². The third-order valence-corrected chi connectivity index (χ3v) is 3.76. The predicted octanol–water partition coefficient (Wildman–Crippen LogP) is 3.93. The Morgan fingerprint density at radius 1 is 1.00 bits per heavy atom. The molecule has 2 heterocycles. The van der Waals surface area contributed by atoms with Gasteiger partial charge in [-0.1, -0.05) is 24.3 Å². The second-order valence-electron chi connectivity index (χ2n) is 5.15. The van der Waals surface area contributed by atoms with E-state index < -0.39 is 6.10 Å². The molecule has 1 aromatic heterocycles. The molecule has 1 atom stereocenters. The third-order valence-electron chi connectivity index (χ3n) is 3.76. The molecular formula is C18H12FNO2. The quantitative estimate of drug-likeness (QED) is 0.680. The zero-order chi connectivity index (χ0) is 15.1. The largest absolute Gasteiger partial charge is 0.475 e. The normalized spacial score (nSPS) is 16.4. The summed E-state index contributed by atoms with van der Waals surface area (Å²) in [5.74, 6) is 0.0219. The average molecular weight is 293 g/mol. The summed E-state index contributed by atoms with van der Waals surface area (Å²) in [6, 6.07) is 17.0. The van der Waals surface area contributed by atoms with Crippen molar-refractivity contribution in [1.29, 1.82) is 0 Å².